The molecule has 3 aromatic carbocycles. The van der Waals surface area contributed by atoms with E-state index in [1.165, 1.54) is 11.3 Å². The number of hydrogen-bond donors (Lipinski definition) is 2. The molecule has 1 saturated heterocycles. The quantitative estimate of drug-likeness (QED) is 0.0190. The highest BCUT2D eigenvalue weighted by Crippen LogP contribution is 2.42. The van der Waals surface area contributed by atoms with E-state index in [2.05, 4.69) is 151 Å². The van der Waals surface area contributed by atoms with Crippen LogP contribution in [0.1, 0.15) is 146 Å². The Kier molecular flexibility index (Phi) is 36.3. The van der Waals surface area contributed by atoms with E-state index in [1.807, 2.05) is 24.3 Å². The molecule has 0 radical (unpaired) electrons. The summed E-state index contributed by atoms with van der Waals surface area (Å²) in [4.78, 5) is 69.7. The van der Waals surface area contributed by atoms with E-state index in [9.17, 15) is 24.0 Å². The lowest BCUT2D eigenvalue weighted by molar-refractivity contribution is -0.139. The fraction of sp³-hybridized carbons (Fsp3) is 0.364. The van der Waals surface area contributed by atoms with Crippen LogP contribution in [0.2, 0.25) is 0 Å². The van der Waals surface area contributed by atoms with Gasteiger partial charge in [-0.05, 0) is 176 Å². The largest absolute Gasteiger partial charge is 0.492 e. The summed E-state index contributed by atoms with van der Waals surface area (Å²) in [6, 6.07) is 17.3. The maximum atomic E-state index is 14.6. The molecule has 4 aromatic rings. The second-order valence-corrected chi connectivity index (χ2v) is 22.5. The Labute approximate surface area is 540 Å². The van der Waals surface area contributed by atoms with Crippen molar-refractivity contribution in [1.82, 2.24) is 15.5 Å². The van der Waals surface area contributed by atoms with Crippen LogP contribution in [0.5, 0.6) is 17.2 Å². The Bertz CT molecular complexity index is 3180. The van der Waals surface area contributed by atoms with Gasteiger partial charge in [0.05, 0.1) is 13.2 Å². The van der Waals surface area contributed by atoms with E-state index in [-0.39, 0.29) is 41.9 Å². The standard InChI is InChI=1S/C77H95N3O9S/c1-5-7-9-11-13-15-17-19-21-23-25-27-29-31-33-35-37-39-41-43-71(81)78-62(3)76(84)88-67-51-47-65(48-52-67)75-73(74(83)64-45-49-66(50-46-64)87-60-57-80-55-58-86-59-56-80)69-54-53-68(61-70(69)90-75)89-77(85)63(4)79-72(82)44-42-40-38-36-34-32-30-28-26-24-22-20-18-16-14-12-10-8-6-2/h7-10,13-16,19-22,25-28,31-34,37-40,45-54,61-63H,5-6,11-12,17-18,23-24,29-30,35-36,41-44,55-60H2,1-4H3,(H,78,81)(H,79,82)/b9-7-,10-8-,15-13-,16-14-,21-19-,22-20-,27-25-,28-26-,33-31-,34-32-,39-37-,40-38-/t62-,63-/m0/s1. The van der Waals surface area contributed by atoms with E-state index in [1.54, 1.807) is 80.6 Å². The Morgan fingerprint density at radius 1 is 0.500 bits per heavy atom. The van der Waals surface area contributed by atoms with Crippen molar-refractivity contribution < 1.29 is 42.9 Å². The van der Waals surface area contributed by atoms with Gasteiger partial charge in [0.25, 0.3) is 0 Å². The summed E-state index contributed by atoms with van der Waals surface area (Å²) >= 11 is 1.36. The molecule has 0 aliphatic carbocycles. The van der Waals surface area contributed by atoms with Crippen molar-refractivity contribution in [2.45, 2.75) is 143 Å². The fourth-order valence-corrected chi connectivity index (χ4v) is 10.3. The Hall–Kier alpha value is -8.23. The summed E-state index contributed by atoms with van der Waals surface area (Å²) in [5.74, 6) is -0.813. The summed E-state index contributed by atoms with van der Waals surface area (Å²) in [7, 11) is 0. The number of hydrogen-bond acceptors (Lipinski definition) is 11. The molecule has 1 aliphatic rings. The molecule has 2 heterocycles. The van der Waals surface area contributed by atoms with Crippen LogP contribution in [-0.2, 0) is 23.9 Å². The summed E-state index contributed by atoms with van der Waals surface area (Å²) in [6.07, 6.45) is 64.0. The lowest BCUT2D eigenvalue weighted by Crippen LogP contribution is -2.40. The van der Waals surface area contributed by atoms with Gasteiger partial charge >= 0.3 is 11.9 Å². The lowest BCUT2D eigenvalue weighted by atomic mass is 9.97. The highest BCUT2D eigenvalue weighted by Gasteiger charge is 2.25. The first kappa shape index (κ1) is 72.5. The van der Waals surface area contributed by atoms with Gasteiger partial charge in [-0.25, -0.2) is 9.59 Å². The Morgan fingerprint density at radius 3 is 1.32 bits per heavy atom. The van der Waals surface area contributed by atoms with E-state index in [4.69, 9.17) is 18.9 Å². The Morgan fingerprint density at radius 2 is 0.889 bits per heavy atom. The SMILES string of the molecule is CC/C=C\C/C=C\C/C=C\C/C=C\C/C=C\C/C=C\CCC(=O)N[C@@H](C)C(=O)Oc1ccc(-c2sc3cc(OC(=O)[C@H](C)NC(=O)CC/C=C\C/C=C\C/C=C\C/C=C\C/C=C\C/C=C\CC)ccc3c2C(=O)c2ccc(OCCN3CCOCC3)cc2)cc1. The molecular formula is C77H95N3O9S. The molecule has 1 aromatic heterocycles. The van der Waals surface area contributed by atoms with Gasteiger partial charge in [-0.15, -0.1) is 11.3 Å². The molecule has 12 nitrogen and oxygen atoms in total. The van der Waals surface area contributed by atoms with E-state index in [0.29, 0.717) is 70.1 Å². The molecule has 478 valence electrons. The molecule has 90 heavy (non-hydrogen) atoms. The molecule has 0 bridgehead atoms. The van der Waals surface area contributed by atoms with Crippen molar-refractivity contribution in [2.24, 2.45) is 0 Å². The molecular weight excluding hydrogens is 1140 g/mol. The fourth-order valence-electron chi connectivity index (χ4n) is 9.07. The number of ketones is 1. The van der Waals surface area contributed by atoms with Gasteiger partial charge in [-0.2, -0.15) is 0 Å². The van der Waals surface area contributed by atoms with E-state index < -0.39 is 24.0 Å². The molecule has 1 aliphatic heterocycles. The highest BCUT2D eigenvalue weighted by atomic mass is 32.1. The molecule has 2 amide bonds. The molecule has 0 saturated carbocycles. The van der Waals surface area contributed by atoms with Crippen molar-refractivity contribution >= 4 is 51.0 Å². The predicted molar refractivity (Wildman–Crippen MR) is 371 cm³/mol. The molecule has 2 atom stereocenters. The second-order valence-electron chi connectivity index (χ2n) is 21.5. The number of allylic oxidation sites excluding steroid dienone is 24. The minimum Gasteiger partial charge on any atom is -0.492 e. The van der Waals surface area contributed by atoms with Gasteiger partial charge in [-0.3, -0.25) is 19.3 Å². The normalized spacial score (nSPS) is 14.4. The summed E-state index contributed by atoms with van der Waals surface area (Å²) in [6.45, 7) is 11.9. The van der Waals surface area contributed by atoms with Crippen LogP contribution < -0.4 is 24.8 Å². The highest BCUT2D eigenvalue weighted by molar-refractivity contribution is 7.22. The van der Waals surface area contributed by atoms with Crippen molar-refractivity contribution in [3.8, 4) is 27.7 Å². The molecule has 5 rings (SSSR count). The van der Waals surface area contributed by atoms with Crippen molar-refractivity contribution in [1.29, 1.82) is 0 Å². The van der Waals surface area contributed by atoms with Crippen molar-refractivity contribution in [3.05, 3.63) is 224 Å². The maximum Gasteiger partial charge on any atom is 0.333 e. The topological polar surface area (TPSA) is 150 Å². The van der Waals surface area contributed by atoms with Crippen molar-refractivity contribution in [2.75, 3.05) is 39.5 Å². The summed E-state index contributed by atoms with van der Waals surface area (Å²) in [5, 5.41) is 6.16. The number of nitrogens with zero attached hydrogens (tertiary/aromatic N) is 1. The maximum absolute atomic E-state index is 14.6. The zero-order chi connectivity index (χ0) is 64.1. The lowest BCUT2D eigenvalue weighted by Gasteiger charge is -2.26. The number of amides is 2. The van der Waals surface area contributed by atoms with Gasteiger partial charge in [0.1, 0.15) is 35.9 Å². The molecule has 13 heteroatoms. The average molecular weight is 1240 g/mol. The zero-order valence-corrected chi connectivity index (χ0v) is 54.3. The number of ether oxygens (including phenoxy) is 4. The molecule has 1 fully saturated rings. The first-order chi connectivity index (χ1) is 44.1. The monoisotopic (exact) mass is 1240 g/mol. The van der Waals surface area contributed by atoms with Crippen LogP contribution in [0.3, 0.4) is 0 Å². The van der Waals surface area contributed by atoms with Crippen LogP contribution in [0.25, 0.3) is 20.5 Å². The molecule has 0 spiro atoms. The minimum absolute atomic E-state index is 0.220. The average Bonchev–Trinajstić information content (AvgIpc) is 1.67. The third kappa shape index (κ3) is 29.8. The third-order valence-corrected chi connectivity index (χ3v) is 15.3. The van der Waals surface area contributed by atoms with Gasteiger partial charge in [0.2, 0.25) is 11.8 Å². The number of fused-ring (bicyclic) bond motifs is 1. The third-order valence-electron chi connectivity index (χ3n) is 14.1. The number of thiophene rings is 1. The Balaban J connectivity index is 1.11. The number of rotatable bonds is 41. The number of carbonyl (C=O) groups excluding carboxylic acids is 5. The predicted octanol–water partition coefficient (Wildman–Crippen LogP) is 17.3. The van der Waals surface area contributed by atoms with Crippen LogP contribution in [0, 0.1) is 0 Å². The van der Waals surface area contributed by atoms with Crippen molar-refractivity contribution in [3.63, 3.8) is 0 Å². The van der Waals surface area contributed by atoms with Gasteiger partial charge in [0, 0.05) is 58.6 Å². The molecule has 0 unspecified atom stereocenters. The van der Waals surface area contributed by atoms with Gasteiger partial charge in [-0.1, -0.05) is 160 Å². The first-order valence-electron chi connectivity index (χ1n) is 32.1. The number of morpholine rings is 1. The first-order valence-corrected chi connectivity index (χ1v) is 32.9. The number of esters is 2. The zero-order valence-electron chi connectivity index (χ0n) is 53.4. The van der Waals surface area contributed by atoms with Gasteiger partial charge in [0.15, 0.2) is 5.78 Å². The number of benzene rings is 3. The van der Waals surface area contributed by atoms with Crippen LogP contribution in [0.15, 0.2) is 213 Å². The second kappa shape index (κ2) is 45.1. The van der Waals surface area contributed by atoms with Crippen LogP contribution in [0.4, 0.5) is 0 Å². The van der Waals surface area contributed by atoms with Crippen LogP contribution in [-0.4, -0.2) is 86.0 Å². The van der Waals surface area contributed by atoms with Crippen LogP contribution >= 0.6 is 11.3 Å². The summed E-state index contributed by atoms with van der Waals surface area (Å²) < 4.78 is 23.7. The number of nitrogens with one attached hydrogen (secondary N) is 2. The minimum atomic E-state index is -0.910. The molecule has 2 N–H and O–H groups in total. The van der Waals surface area contributed by atoms with E-state index >= 15 is 0 Å². The van der Waals surface area contributed by atoms with Gasteiger partial charge < -0.3 is 29.6 Å². The number of carbonyl (C=O) groups is 5. The van der Waals surface area contributed by atoms with E-state index in [0.717, 1.165) is 96.7 Å². The smallest absolute Gasteiger partial charge is 0.333 e. The summed E-state index contributed by atoms with van der Waals surface area (Å²) in [5.41, 5.74) is 1.60.